The average Bonchev–Trinajstić information content (AvgIpc) is 3.21. The third kappa shape index (κ3) is 5.17. The number of hydrogen-bond donors (Lipinski definition) is 0. The number of carbonyl (C=O) groups excluding carboxylic acids is 1. The first-order valence-electron chi connectivity index (χ1n) is 9.11. The van der Waals surface area contributed by atoms with Crippen molar-refractivity contribution in [3.63, 3.8) is 0 Å². The highest BCUT2D eigenvalue weighted by atomic mass is 79.9. The Morgan fingerprint density at radius 1 is 1.17 bits per heavy atom. The molecule has 0 aromatic heterocycles. The lowest BCUT2D eigenvalue weighted by molar-refractivity contribution is -0.149. The molecule has 1 aliphatic carbocycles. The van der Waals surface area contributed by atoms with Crippen LogP contribution < -0.4 is 4.74 Å². The average molecular weight is 524 g/mol. The monoisotopic (exact) mass is 522 g/mol. The highest BCUT2D eigenvalue weighted by Gasteiger charge is 2.61. The first-order chi connectivity index (χ1) is 13.7. The Balaban J connectivity index is 1.72. The molecule has 6 heteroatoms. The van der Waals surface area contributed by atoms with Crippen LogP contribution in [-0.2, 0) is 9.53 Å². The number of hydrogen-bond acceptors (Lipinski definition) is 3. The minimum atomic E-state index is -0.590. The van der Waals surface area contributed by atoms with E-state index in [2.05, 4.69) is 38.4 Å². The van der Waals surface area contributed by atoms with E-state index in [4.69, 9.17) is 9.47 Å². The fourth-order valence-electron chi connectivity index (χ4n) is 3.42. The van der Waals surface area contributed by atoms with Crippen LogP contribution in [0.3, 0.4) is 0 Å². The molecular weight excluding hydrogens is 503 g/mol. The second-order valence-corrected chi connectivity index (χ2v) is 10.3. The van der Waals surface area contributed by atoms with Gasteiger partial charge in [-0.05, 0) is 85.7 Å². The minimum Gasteiger partial charge on any atom is -0.457 e. The molecule has 3 atom stereocenters. The van der Waals surface area contributed by atoms with E-state index in [0.29, 0.717) is 11.5 Å². The Morgan fingerprint density at radius 2 is 1.86 bits per heavy atom. The predicted octanol–water partition coefficient (Wildman–Crippen LogP) is 7.29. The van der Waals surface area contributed by atoms with Gasteiger partial charge in [-0.25, -0.2) is 4.39 Å². The SMILES string of the molecule is C=CC(OC(=O)C1C(C=C(Br)Br)C1(C)C)c1cccc(Oc2ccc(F)cc2)c1. The maximum absolute atomic E-state index is 13.1. The van der Waals surface area contributed by atoms with Crippen LogP contribution in [0.2, 0.25) is 0 Å². The van der Waals surface area contributed by atoms with Gasteiger partial charge in [-0.3, -0.25) is 4.79 Å². The van der Waals surface area contributed by atoms with E-state index in [9.17, 15) is 9.18 Å². The van der Waals surface area contributed by atoms with Crippen molar-refractivity contribution >= 4 is 37.8 Å². The van der Waals surface area contributed by atoms with Gasteiger partial charge in [0.05, 0.1) is 9.31 Å². The van der Waals surface area contributed by atoms with E-state index in [-0.39, 0.29) is 29.0 Å². The largest absolute Gasteiger partial charge is 0.457 e. The van der Waals surface area contributed by atoms with Crippen LogP contribution >= 0.6 is 31.9 Å². The molecule has 0 bridgehead atoms. The molecule has 0 N–H and O–H groups in total. The molecule has 3 unspecified atom stereocenters. The molecule has 0 amide bonds. The molecule has 1 fully saturated rings. The maximum atomic E-state index is 13.1. The molecule has 1 saturated carbocycles. The summed E-state index contributed by atoms with van der Waals surface area (Å²) < 4.78 is 25.4. The lowest BCUT2D eigenvalue weighted by atomic mass is 10.1. The zero-order valence-electron chi connectivity index (χ0n) is 16.1. The van der Waals surface area contributed by atoms with Crippen LogP contribution in [0.25, 0.3) is 0 Å². The molecule has 1 aliphatic rings. The normalized spacial score (nSPS) is 20.3. The van der Waals surface area contributed by atoms with Crippen molar-refractivity contribution in [3.05, 3.63) is 82.0 Å². The molecule has 0 aliphatic heterocycles. The number of benzene rings is 2. The van der Waals surface area contributed by atoms with Crippen molar-refractivity contribution in [2.45, 2.75) is 20.0 Å². The summed E-state index contributed by atoms with van der Waals surface area (Å²) in [7, 11) is 0. The fraction of sp³-hybridized carbons (Fsp3) is 0.261. The first kappa shape index (κ1) is 21.8. The van der Waals surface area contributed by atoms with E-state index in [1.807, 2.05) is 32.1 Å². The summed E-state index contributed by atoms with van der Waals surface area (Å²) in [5.74, 6) is 0.384. The predicted molar refractivity (Wildman–Crippen MR) is 119 cm³/mol. The molecule has 2 aromatic carbocycles. The van der Waals surface area contributed by atoms with E-state index in [1.54, 1.807) is 30.3 Å². The van der Waals surface area contributed by atoms with Crippen LogP contribution in [0.4, 0.5) is 4.39 Å². The zero-order chi connectivity index (χ0) is 21.2. The summed E-state index contributed by atoms with van der Waals surface area (Å²) in [6.45, 7) is 7.90. The summed E-state index contributed by atoms with van der Waals surface area (Å²) in [6.07, 6.45) is 2.98. The lowest BCUT2D eigenvalue weighted by Crippen LogP contribution is -2.14. The minimum absolute atomic E-state index is 0.0994. The highest BCUT2D eigenvalue weighted by molar-refractivity contribution is 9.28. The van der Waals surface area contributed by atoms with E-state index in [1.165, 1.54) is 12.1 Å². The molecule has 0 saturated heterocycles. The van der Waals surface area contributed by atoms with Gasteiger partial charge in [0.1, 0.15) is 23.4 Å². The van der Waals surface area contributed by atoms with Crippen LogP contribution in [0, 0.1) is 23.1 Å². The van der Waals surface area contributed by atoms with Crippen LogP contribution in [0.1, 0.15) is 25.5 Å². The Hall–Kier alpha value is -1.92. The van der Waals surface area contributed by atoms with Gasteiger partial charge < -0.3 is 9.47 Å². The second-order valence-electron chi connectivity index (χ2n) is 7.50. The number of ether oxygens (including phenoxy) is 2. The molecule has 0 spiro atoms. The molecule has 2 aromatic rings. The number of carbonyl (C=O) groups is 1. The number of allylic oxidation sites excluding steroid dienone is 1. The van der Waals surface area contributed by atoms with Crippen molar-refractivity contribution in [2.75, 3.05) is 0 Å². The van der Waals surface area contributed by atoms with Crippen molar-refractivity contribution in [3.8, 4) is 11.5 Å². The molecule has 29 heavy (non-hydrogen) atoms. The summed E-state index contributed by atoms with van der Waals surface area (Å²) in [6, 6.07) is 13.0. The van der Waals surface area contributed by atoms with Crippen LogP contribution in [0.5, 0.6) is 11.5 Å². The van der Waals surface area contributed by atoms with Gasteiger partial charge in [0.2, 0.25) is 0 Å². The van der Waals surface area contributed by atoms with E-state index in [0.717, 1.165) is 8.96 Å². The van der Waals surface area contributed by atoms with Gasteiger partial charge in [-0.15, -0.1) is 0 Å². The molecule has 3 rings (SSSR count). The third-order valence-corrected chi connectivity index (χ3v) is 5.69. The summed E-state index contributed by atoms with van der Waals surface area (Å²) >= 11 is 6.72. The van der Waals surface area contributed by atoms with Crippen molar-refractivity contribution in [1.29, 1.82) is 0 Å². The van der Waals surface area contributed by atoms with Gasteiger partial charge >= 0.3 is 5.97 Å². The summed E-state index contributed by atoms with van der Waals surface area (Å²) in [5.41, 5.74) is 0.587. The Morgan fingerprint density at radius 3 is 2.48 bits per heavy atom. The first-order valence-corrected chi connectivity index (χ1v) is 10.7. The molecule has 0 radical (unpaired) electrons. The molecule has 0 heterocycles. The summed E-state index contributed by atoms with van der Waals surface area (Å²) in [4.78, 5) is 12.8. The van der Waals surface area contributed by atoms with Crippen LogP contribution in [-0.4, -0.2) is 5.97 Å². The fourth-order valence-corrected chi connectivity index (χ4v) is 3.99. The topological polar surface area (TPSA) is 35.5 Å². The smallest absolute Gasteiger partial charge is 0.311 e. The number of halogens is 3. The van der Waals surface area contributed by atoms with Crippen LogP contribution in [0.15, 0.2) is 70.7 Å². The second kappa shape index (κ2) is 8.84. The highest BCUT2D eigenvalue weighted by Crippen LogP contribution is 2.60. The van der Waals surface area contributed by atoms with E-state index < -0.39 is 6.10 Å². The van der Waals surface area contributed by atoms with Gasteiger partial charge in [0.25, 0.3) is 0 Å². The zero-order valence-corrected chi connectivity index (χ0v) is 19.2. The molecule has 152 valence electrons. The van der Waals surface area contributed by atoms with Crippen molar-refractivity contribution in [2.24, 2.45) is 17.3 Å². The third-order valence-electron chi connectivity index (χ3n) is 5.16. The summed E-state index contributed by atoms with van der Waals surface area (Å²) in [5, 5.41) is 0. The Labute approximate surface area is 186 Å². The van der Waals surface area contributed by atoms with Crippen molar-refractivity contribution in [1.82, 2.24) is 0 Å². The van der Waals surface area contributed by atoms with Gasteiger partial charge in [-0.1, -0.05) is 38.6 Å². The number of esters is 1. The van der Waals surface area contributed by atoms with Crippen molar-refractivity contribution < 1.29 is 18.7 Å². The molecular formula is C23H21Br2FO3. The standard InChI is InChI=1S/C23H21Br2FO3/c1-4-19(29-22(27)21-18(13-20(24)25)23(21,2)3)14-6-5-7-17(12-14)28-16-10-8-15(26)9-11-16/h4-13,18-19,21H,1H2,2-3H3. The molecule has 3 nitrogen and oxygen atoms in total. The van der Waals surface area contributed by atoms with Gasteiger partial charge in [-0.2, -0.15) is 0 Å². The number of rotatable bonds is 7. The maximum Gasteiger partial charge on any atom is 0.311 e. The quantitative estimate of drug-likeness (QED) is 0.282. The Kier molecular flexibility index (Phi) is 6.64. The van der Waals surface area contributed by atoms with Gasteiger partial charge in [0.15, 0.2) is 0 Å². The van der Waals surface area contributed by atoms with E-state index >= 15 is 0 Å². The Bertz CT molecular complexity index is 933. The lowest BCUT2D eigenvalue weighted by Gasteiger charge is -2.16. The van der Waals surface area contributed by atoms with Gasteiger partial charge in [0, 0.05) is 5.56 Å².